The zero-order chi connectivity index (χ0) is 11.5. The fraction of sp³-hybridized carbons (Fsp3) is 0.167. The molecule has 1 N–H and O–H groups in total. The van der Waals surface area contributed by atoms with Gasteiger partial charge < -0.3 is 5.11 Å². The predicted molar refractivity (Wildman–Crippen MR) is 64.8 cm³/mol. The predicted octanol–water partition coefficient (Wildman–Crippen LogP) is 2.72. The number of pyridine rings is 1. The van der Waals surface area contributed by atoms with Crippen LogP contribution in [0.25, 0.3) is 10.9 Å². The number of hydrogen-bond acceptors (Lipinski definition) is 3. The molecule has 0 aliphatic heterocycles. The Kier molecular flexibility index (Phi) is 3.10. The molecule has 2 rings (SSSR count). The molecule has 0 bridgehead atoms. The number of aromatic nitrogens is 1. The van der Waals surface area contributed by atoms with Gasteiger partial charge in [0.15, 0.2) is 0 Å². The van der Waals surface area contributed by atoms with Crippen LogP contribution in [0.5, 0.6) is 0 Å². The molecular formula is C12H11NO2S. The molecule has 0 aliphatic rings. The van der Waals surface area contributed by atoms with Gasteiger partial charge in [-0.3, -0.25) is 9.78 Å². The van der Waals surface area contributed by atoms with Crippen molar-refractivity contribution < 1.29 is 9.90 Å². The summed E-state index contributed by atoms with van der Waals surface area (Å²) in [4.78, 5) is 15.9. The summed E-state index contributed by atoms with van der Waals surface area (Å²) in [5, 5.41) is 9.69. The van der Waals surface area contributed by atoms with E-state index >= 15 is 0 Å². The van der Waals surface area contributed by atoms with Gasteiger partial charge in [-0.1, -0.05) is 18.2 Å². The summed E-state index contributed by atoms with van der Waals surface area (Å²) in [7, 11) is 0. The van der Waals surface area contributed by atoms with Crippen molar-refractivity contribution in [1.29, 1.82) is 0 Å². The lowest BCUT2D eigenvalue weighted by Gasteiger charge is -2.05. The number of rotatable bonds is 3. The van der Waals surface area contributed by atoms with Gasteiger partial charge in [0, 0.05) is 16.0 Å². The zero-order valence-electron chi connectivity index (χ0n) is 8.80. The smallest absolute Gasteiger partial charge is 0.313 e. The van der Waals surface area contributed by atoms with Crippen molar-refractivity contribution in [1.82, 2.24) is 4.98 Å². The van der Waals surface area contributed by atoms with Crippen LogP contribution in [0, 0.1) is 6.92 Å². The van der Waals surface area contributed by atoms with E-state index in [9.17, 15) is 4.79 Å². The normalized spacial score (nSPS) is 10.6. The number of carboxylic acid groups (broad SMARTS) is 1. The maximum Gasteiger partial charge on any atom is 0.313 e. The Morgan fingerprint density at radius 1 is 1.44 bits per heavy atom. The third kappa shape index (κ3) is 2.33. The van der Waals surface area contributed by atoms with Crippen molar-refractivity contribution in [2.75, 3.05) is 5.75 Å². The Morgan fingerprint density at radius 3 is 2.94 bits per heavy atom. The van der Waals surface area contributed by atoms with Crippen LogP contribution in [0.3, 0.4) is 0 Å². The molecule has 0 amide bonds. The molecule has 0 radical (unpaired) electrons. The molecule has 0 aliphatic carbocycles. The van der Waals surface area contributed by atoms with E-state index in [0.717, 1.165) is 21.5 Å². The van der Waals surface area contributed by atoms with Crippen molar-refractivity contribution >= 4 is 28.6 Å². The molecule has 0 unspecified atom stereocenters. The SMILES string of the molecule is Cc1cc(SCC(=O)O)c2ccccc2n1. The van der Waals surface area contributed by atoms with Crippen molar-refractivity contribution in [2.24, 2.45) is 0 Å². The van der Waals surface area contributed by atoms with Gasteiger partial charge in [0.25, 0.3) is 0 Å². The number of carbonyl (C=O) groups is 1. The molecule has 1 aromatic carbocycles. The fourth-order valence-electron chi connectivity index (χ4n) is 1.53. The van der Waals surface area contributed by atoms with E-state index in [1.165, 1.54) is 11.8 Å². The molecule has 1 aromatic heterocycles. The number of thioether (sulfide) groups is 1. The molecule has 0 fully saturated rings. The lowest BCUT2D eigenvalue weighted by Crippen LogP contribution is -1.98. The molecule has 0 spiro atoms. The lowest BCUT2D eigenvalue weighted by atomic mass is 10.2. The zero-order valence-corrected chi connectivity index (χ0v) is 9.62. The highest BCUT2D eigenvalue weighted by atomic mass is 32.2. The highest BCUT2D eigenvalue weighted by molar-refractivity contribution is 8.00. The number of nitrogens with zero attached hydrogens (tertiary/aromatic N) is 1. The van der Waals surface area contributed by atoms with Crippen molar-refractivity contribution in [3.05, 3.63) is 36.0 Å². The molecule has 82 valence electrons. The van der Waals surface area contributed by atoms with Gasteiger partial charge in [0.2, 0.25) is 0 Å². The maximum absolute atomic E-state index is 10.6. The molecule has 0 saturated carbocycles. The fourth-order valence-corrected chi connectivity index (χ4v) is 2.39. The number of para-hydroxylation sites is 1. The summed E-state index contributed by atoms with van der Waals surface area (Å²) >= 11 is 1.33. The largest absolute Gasteiger partial charge is 0.481 e. The molecule has 0 atom stereocenters. The molecule has 16 heavy (non-hydrogen) atoms. The van der Waals surface area contributed by atoms with E-state index in [1.807, 2.05) is 37.3 Å². The van der Waals surface area contributed by atoms with Gasteiger partial charge in [-0.25, -0.2) is 0 Å². The van der Waals surface area contributed by atoms with Gasteiger partial charge in [-0.2, -0.15) is 0 Å². The molecule has 4 heteroatoms. The maximum atomic E-state index is 10.6. The summed E-state index contributed by atoms with van der Waals surface area (Å²) in [6, 6.07) is 9.69. The number of fused-ring (bicyclic) bond motifs is 1. The first-order valence-corrected chi connectivity index (χ1v) is 5.86. The number of benzene rings is 1. The highest BCUT2D eigenvalue weighted by Crippen LogP contribution is 2.27. The van der Waals surface area contributed by atoms with Crippen molar-refractivity contribution in [2.45, 2.75) is 11.8 Å². The molecular weight excluding hydrogens is 222 g/mol. The van der Waals surface area contributed by atoms with E-state index in [4.69, 9.17) is 5.11 Å². The second-order valence-corrected chi connectivity index (χ2v) is 4.48. The topological polar surface area (TPSA) is 50.2 Å². The van der Waals surface area contributed by atoms with Gasteiger partial charge in [-0.05, 0) is 19.1 Å². The summed E-state index contributed by atoms with van der Waals surface area (Å²) in [5.74, 6) is -0.725. The van der Waals surface area contributed by atoms with E-state index in [0.29, 0.717) is 0 Å². The van der Waals surface area contributed by atoms with Gasteiger partial charge in [-0.15, -0.1) is 11.8 Å². The minimum Gasteiger partial charge on any atom is -0.481 e. The summed E-state index contributed by atoms with van der Waals surface area (Å²) in [5.41, 5.74) is 1.82. The quantitative estimate of drug-likeness (QED) is 0.828. The molecule has 1 heterocycles. The Balaban J connectivity index is 2.46. The first-order chi connectivity index (χ1) is 7.66. The number of aryl methyl sites for hydroxylation is 1. The molecule has 0 saturated heterocycles. The Morgan fingerprint density at radius 2 is 2.19 bits per heavy atom. The first-order valence-electron chi connectivity index (χ1n) is 4.88. The summed E-state index contributed by atoms with van der Waals surface area (Å²) in [6.45, 7) is 1.91. The van der Waals surface area contributed by atoms with Crippen LogP contribution < -0.4 is 0 Å². The van der Waals surface area contributed by atoms with Crippen LogP contribution >= 0.6 is 11.8 Å². The van der Waals surface area contributed by atoms with Crippen LogP contribution in [0.4, 0.5) is 0 Å². The average molecular weight is 233 g/mol. The van der Waals surface area contributed by atoms with Crippen molar-refractivity contribution in [3.8, 4) is 0 Å². The van der Waals surface area contributed by atoms with Crippen LogP contribution in [-0.2, 0) is 4.79 Å². The third-order valence-corrected chi connectivity index (χ3v) is 3.20. The second kappa shape index (κ2) is 4.53. The monoisotopic (exact) mass is 233 g/mol. The van der Waals surface area contributed by atoms with Crippen LogP contribution in [0.1, 0.15) is 5.69 Å². The number of carboxylic acids is 1. The lowest BCUT2D eigenvalue weighted by molar-refractivity contribution is -0.133. The molecule has 3 nitrogen and oxygen atoms in total. The summed E-state index contributed by atoms with van der Waals surface area (Å²) in [6.07, 6.45) is 0. The Bertz CT molecular complexity index is 540. The standard InChI is InChI=1S/C12H11NO2S/c1-8-6-11(16-7-12(14)15)9-4-2-3-5-10(9)13-8/h2-6H,7H2,1H3,(H,14,15). The minimum atomic E-state index is -0.802. The highest BCUT2D eigenvalue weighted by Gasteiger charge is 2.06. The van der Waals surface area contributed by atoms with Gasteiger partial charge in [0.05, 0.1) is 11.3 Å². The minimum absolute atomic E-state index is 0.0768. The van der Waals surface area contributed by atoms with Gasteiger partial charge >= 0.3 is 5.97 Å². The summed E-state index contributed by atoms with van der Waals surface area (Å²) < 4.78 is 0. The molecule has 2 aromatic rings. The average Bonchev–Trinajstić information content (AvgIpc) is 2.25. The third-order valence-electron chi connectivity index (χ3n) is 2.16. The Hall–Kier alpha value is -1.55. The van der Waals surface area contributed by atoms with Crippen molar-refractivity contribution in [3.63, 3.8) is 0 Å². The van der Waals surface area contributed by atoms with E-state index in [2.05, 4.69) is 4.98 Å². The number of aliphatic carboxylic acids is 1. The van der Waals surface area contributed by atoms with E-state index in [-0.39, 0.29) is 5.75 Å². The van der Waals surface area contributed by atoms with Crippen LogP contribution in [0.15, 0.2) is 35.2 Å². The second-order valence-electron chi connectivity index (χ2n) is 3.46. The van der Waals surface area contributed by atoms with Crippen LogP contribution in [-0.4, -0.2) is 21.8 Å². The van der Waals surface area contributed by atoms with Gasteiger partial charge in [0.1, 0.15) is 0 Å². The van der Waals surface area contributed by atoms with E-state index < -0.39 is 5.97 Å². The Labute approximate surface area is 97.5 Å². The van der Waals surface area contributed by atoms with E-state index in [1.54, 1.807) is 0 Å². The first kappa shape index (κ1) is 11.0. The van der Waals surface area contributed by atoms with Crippen LogP contribution in [0.2, 0.25) is 0 Å². The number of hydrogen-bond donors (Lipinski definition) is 1.